The molecule has 1 aliphatic heterocycles. The number of rotatable bonds is 1. The lowest BCUT2D eigenvalue weighted by Gasteiger charge is -2.37. The predicted molar refractivity (Wildman–Crippen MR) is 83.7 cm³/mol. The van der Waals surface area contributed by atoms with E-state index in [0.717, 1.165) is 23.9 Å². The lowest BCUT2D eigenvalue weighted by Crippen LogP contribution is -2.49. The molecule has 0 bridgehead atoms. The quantitative estimate of drug-likeness (QED) is 0.798. The zero-order valence-electron chi connectivity index (χ0n) is 12.1. The van der Waals surface area contributed by atoms with Crippen LogP contribution in [0.15, 0.2) is 18.2 Å². The Bertz CT molecular complexity index is 465. The molecule has 4 heteroatoms. The van der Waals surface area contributed by atoms with E-state index in [4.69, 9.17) is 17.0 Å². The summed E-state index contributed by atoms with van der Waals surface area (Å²) in [5.41, 5.74) is 3.62. The molecule has 3 nitrogen and oxygen atoms in total. The smallest absolute Gasteiger partial charge is 0.173 e. The molecule has 0 aliphatic carbocycles. The third kappa shape index (κ3) is 3.45. The summed E-state index contributed by atoms with van der Waals surface area (Å²) in [6, 6.07) is 6.24. The van der Waals surface area contributed by atoms with E-state index in [1.165, 1.54) is 11.1 Å². The average molecular weight is 278 g/mol. The zero-order valence-corrected chi connectivity index (χ0v) is 12.9. The van der Waals surface area contributed by atoms with Crippen molar-refractivity contribution < 1.29 is 4.74 Å². The fourth-order valence-corrected chi connectivity index (χ4v) is 2.68. The molecule has 1 aliphatic rings. The third-order valence-corrected chi connectivity index (χ3v) is 3.91. The molecule has 19 heavy (non-hydrogen) atoms. The number of ether oxygens (including phenoxy) is 1. The van der Waals surface area contributed by atoms with Crippen molar-refractivity contribution in [1.82, 2.24) is 4.90 Å². The topological polar surface area (TPSA) is 24.5 Å². The van der Waals surface area contributed by atoms with Gasteiger partial charge >= 0.3 is 0 Å². The van der Waals surface area contributed by atoms with Gasteiger partial charge in [-0.2, -0.15) is 0 Å². The highest BCUT2D eigenvalue weighted by Crippen LogP contribution is 2.19. The van der Waals surface area contributed by atoms with E-state index in [9.17, 15) is 0 Å². The third-order valence-electron chi connectivity index (χ3n) is 3.55. The van der Waals surface area contributed by atoms with E-state index < -0.39 is 0 Å². The van der Waals surface area contributed by atoms with Gasteiger partial charge < -0.3 is 15.0 Å². The molecule has 0 radical (unpaired) electrons. The molecule has 104 valence electrons. The highest BCUT2D eigenvalue weighted by atomic mass is 32.1. The number of aryl methyl sites for hydroxylation is 1. The first-order valence-corrected chi connectivity index (χ1v) is 7.16. The molecule has 1 aromatic rings. The van der Waals surface area contributed by atoms with Gasteiger partial charge in [-0.15, -0.1) is 0 Å². The summed E-state index contributed by atoms with van der Waals surface area (Å²) in [4.78, 5) is 2.19. The van der Waals surface area contributed by atoms with Crippen molar-refractivity contribution in [1.29, 1.82) is 0 Å². The minimum atomic E-state index is 0.224. The maximum atomic E-state index is 5.73. The van der Waals surface area contributed by atoms with Gasteiger partial charge in [-0.05, 0) is 57.1 Å². The van der Waals surface area contributed by atoms with Crippen LogP contribution in [0.3, 0.4) is 0 Å². The maximum absolute atomic E-state index is 5.73. The first-order valence-electron chi connectivity index (χ1n) is 6.75. The van der Waals surface area contributed by atoms with Crippen molar-refractivity contribution in [2.75, 3.05) is 18.4 Å². The fourth-order valence-electron chi connectivity index (χ4n) is 2.42. The second-order valence-corrected chi connectivity index (χ2v) is 5.73. The lowest BCUT2D eigenvalue weighted by atomic mass is 10.1. The van der Waals surface area contributed by atoms with Crippen LogP contribution in [-0.4, -0.2) is 35.3 Å². The van der Waals surface area contributed by atoms with Crippen LogP contribution >= 0.6 is 12.2 Å². The fraction of sp³-hybridized carbons (Fsp3) is 0.533. The van der Waals surface area contributed by atoms with Crippen molar-refractivity contribution in [3.8, 4) is 0 Å². The van der Waals surface area contributed by atoms with Gasteiger partial charge in [-0.3, -0.25) is 0 Å². The van der Waals surface area contributed by atoms with E-state index in [-0.39, 0.29) is 12.2 Å². The number of thiocarbonyl (C=S) groups is 1. The highest BCUT2D eigenvalue weighted by Gasteiger charge is 2.24. The summed E-state index contributed by atoms with van der Waals surface area (Å²) >= 11 is 5.52. The molecule has 1 aromatic carbocycles. The number of nitrogens with zero attached hydrogens (tertiary/aromatic N) is 1. The Morgan fingerprint density at radius 2 is 1.89 bits per heavy atom. The molecular weight excluding hydrogens is 256 g/mol. The molecule has 1 N–H and O–H groups in total. The van der Waals surface area contributed by atoms with E-state index in [1.807, 2.05) is 0 Å². The van der Waals surface area contributed by atoms with Gasteiger partial charge in [0.05, 0.1) is 12.2 Å². The molecule has 0 saturated carbocycles. The van der Waals surface area contributed by atoms with Crippen molar-refractivity contribution in [2.45, 2.75) is 39.9 Å². The Hall–Kier alpha value is -1.13. The Balaban J connectivity index is 2.06. The van der Waals surface area contributed by atoms with Crippen molar-refractivity contribution in [2.24, 2.45) is 0 Å². The predicted octanol–water partition coefficient (Wildman–Crippen LogP) is 3.11. The molecular formula is C15H22N2OS. The molecule has 1 heterocycles. The van der Waals surface area contributed by atoms with E-state index >= 15 is 0 Å². The van der Waals surface area contributed by atoms with Crippen molar-refractivity contribution >= 4 is 23.0 Å². The summed E-state index contributed by atoms with van der Waals surface area (Å²) < 4.78 is 5.73. The Morgan fingerprint density at radius 3 is 2.53 bits per heavy atom. The highest BCUT2D eigenvalue weighted by molar-refractivity contribution is 7.80. The summed E-state index contributed by atoms with van der Waals surface area (Å²) in [6.45, 7) is 10.1. The minimum Gasteiger partial charge on any atom is -0.372 e. The number of benzene rings is 1. The van der Waals surface area contributed by atoms with Crippen LogP contribution in [0.2, 0.25) is 0 Å². The van der Waals surface area contributed by atoms with Gasteiger partial charge in [-0.25, -0.2) is 0 Å². The van der Waals surface area contributed by atoms with Gasteiger partial charge in [-0.1, -0.05) is 12.1 Å². The largest absolute Gasteiger partial charge is 0.372 e. The van der Waals surface area contributed by atoms with Crippen molar-refractivity contribution in [3.05, 3.63) is 29.3 Å². The molecule has 2 atom stereocenters. The molecule has 0 amide bonds. The van der Waals surface area contributed by atoms with Crippen LogP contribution < -0.4 is 5.32 Å². The first-order chi connectivity index (χ1) is 8.97. The van der Waals surface area contributed by atoms with Gasteiger partial charge in [0.1, 0.15) is 0 Å². The number of nitrogens with one attached hydrogen (secondary N) is 1. The van der Waals surface area contributed by atoms with Gasteiger partial charge in [0.15, 0.2) is 5.11 Å². The van der Waals surface area contributed by atoms with E-state index in [0.29, 0.717) is 0 Å². The first kappa shape index (κ1) is 14.3. The number of morpholine rings is 1. The Kier molecular flexibility index (Phi) is 4.42. The van der Waals surface area contributed by atoms with Crippen LogP contribution in [0.4, 0.5) is 5.69 Å². The SMILES string of the molecule is Cc1cccc(NC(=S)N2C[C@H](C)O[C@@H](C)C2)c1C. The second-order valence-electron chi connectivity index (χ2n) is 5.34. The summed E-state index contributed by atoms with van der Waals surface area (Å²) in [5, 5.41) is 4.15. The minimum absolute atomic E-state index is 0.224. The van der Waals surface area contributed by atoms with E-state index in [1.54, 1.807) is 0 Å². The van der Waals surface area contributed by atoms with Crippen molar-refractivity contribution in [3.63, 3.8) is 0 Å². The summed E-state index contributed by atoms with van der Waals surface area (Å²) in [5.74, 6) is 0. The van der Waals surface area contributed by atoms with E-state index in [2.05, 4.69) is 56.1 Å². The standard InChI is InChI=1S/C15H22N2OS/c1-10-6-5-7-14(13(10)4)16-15(19)17-8-11(2)18-12(3)9-17/h5-7,11-12H,8-9H2,1-4H3,(H,16,19)/t11-,12-/m0/s1. The normalized spacial score (nSPS) is 23.3. The monoisotopic (exact) mass is 278 g/mol. The second kappa shape index (κ2) is 5.88. The number of hydrogen-bond donors (Lipinski definition) is 1. The molecule has 1 saturated heterocycles. The summed E-state index contributed by atoms with van der Waals surface area (Å²) in [7, 11) is 0. The van der Waals surface area contributed by atoms with Crippen LogP contribution in [-0.2, 0) is 4.74 Å². The van der Waals surface area contributed by atoms with Gasteiger partial charge in [0.25, 0.3) is 0 Å². The molecule has 0 aromatic heterocycles. The maximum Gasteiger partial charge on any atom is 0.173 e. The Labute approximate surface area is 120 Å². The molecule has 1 fully saturated rings. The molecule has 0 unspecified atom stereocenters. The molecule has 0 spiro atoms. The van der Waals surface area contributed by atoms with Gasteiger partial charge in [0, 0.05) is 18.8 Å². The number of hydrogen-bond acceptors (Lipinski definition) is 2. The lowest BCUT2D eigenvalue weighted by molar-refractivity contribution is -0.0473. The summed E-state index contributed by atoms with van der Waals surface area (Å²) in [6.07, 6.45) is 0.448. The molecule has 2 rings (SSSR count). The van der Waals surface area contributed by atoms with Crippen LogP contribution in [0.5, 0.6) is 0 Å². The zero-order chi connectivity index (χ0) is 14.0. The number of anilines is 1. The Morgan fingerprint density at radius 1 is 1.26 bits per heavy atom. The van der Waals surface area contributed by atoms with Crippen LogP contribution in [0, 0.1) is 13.8 Å². The van der Waals surface area contributed by atoms with Crippen LogP contribution in [0.1, 0.15) is 25.0 Å². The average Bonchev–Trinajstić information content (AvgIpc) is 2.33. The van der Waals surface area contributed by atoms with Crippen LogP contribution in [0.25, 0.3) is 0 Å². The van der Waals surface area contributed by atoms with Gasteiger partial charge in [0.2, 0.25) is 0 Å².